The number of nitrogens with two attached hydrogens (primary N) is 1. The number of hydrogen-bond acceptors (Lipinski definition) is 5. The van der Waals surface area contributed by atoms with E-state index in [0.29, 0.717) is 18.4 Å². The van der Waals surface area contributed by atoms with Crippen molar-refractivity contribution in [3.05, 3.63) is 30.3 Å². The van der Waals surface area contributed by atoms with Crippen LogP contribution in [0.5, 0.6) is 0 Å². The first-order chi connectivity index (χ1) is 8.88. The number of rotatable bonds is 5. The number of tetrazole rings is 1. The molecule has 0 saturated heterocycles. The van der Waals surface area contributed by atoms with Gasteiger partial charge in [-0.15, -0.1) is 0 Å². The van der Waals surface area contributed by atoms with Gasteiger partial charge < -0.3 is 11.1 Å². The van der Waals surface area contributed by atoms with E-state index in [1.807, 2.05) is 30.3 Å². The molecule has 0 amide bonds. The first-order valence-electron chi connectivity index (χ1n) is 6.19. The van der Waals surface area contributed by atoms with Gasteiger partial charge in [-0.1, -0.05) is 23.3 Å². The molecule has 1 aliphatic rings. The molecule has 1 atom stereocenters. The number of nitrogens with one attached hydrogen (secondary N) is 1. The zero-order chi connectivity index (χ0) is 12.4. The molecule has 18 heavy (non-hydrogen) atoms. The summed E-state index contributed by atoms with van der Waals surface area (Å²) in [6.07, 6.45) is 2.48. The number of benzene rings is 1. The van der Waals surface area contributed by atoms with Crippen molar-refractivity contribution in [1.29, 1.82) is 0 Å². The minimum absolute atomic E-state index is 0.262. The van der Waals surface area contributed by atoms with E-state index in [0.717, 1.165) is 5.69 Å². The van der Waals surface area contributed by atoms with Crippen molar-refractivity contribution in [2.45, 2.75) is 18.9 Å². The second kappa shape index (κ2) is 4.73. The Hall–Kier alpha value is -1.95. The van der Waals surface area contributed by atoms with Gasteiger partial charge in [-0.25, -0.2) is 0 Å². The Morgan fingerprint density at radius 2 is 2.11 bits per heavy atom. The van der Waals surface area contributed by atoms with Gasteiger partial charge in [-0.2, -0.15) is 4.68 Å². The van der Waals surface area contributed by atoms with Crippen LogP contribution in [0.15, 0.2) is 30.3 Å². The van der Waals surface area contributed by atoms with E-state index in [2.05, 4.69) is 20.8 Å². The maximum atomic E-state index is 5.78. The monoisotopic (exact) mass is 244 g/mol. The third-order valence-corrected chi connectivity index (χ3v) is 3.23. The molecule has 1 fully saturated rings. The maximum absolute atomic E-state index is 5.78. The third-order valence-electron chi connectivity index (χ3n) is 3.23. The van der Waals surface area contributed by atoms with Crippen LogP contribution in [0, 0.1) is 5.92 Å². The highest BCUT2D eigenvalue weighted by Gasteiger charge is 2.31. The molecule has 0 bridgehead atoms. The third kappa shape index (κ3) is 2.19. The highest BCUT2D eigenvalue weighted by Crippen LogP contribution is 2.33. The van der Waals surface area contributed by atoms with Crippen LogP contribution in [0.1, 0.15) is 12.8 Å². The molecule has 94 valence electrons. The van der Waals surface area contributed by atoms with Crippen molar-refractivity contribution in [3.63, 3.8) is 0 Å². The predicted molar refractivity (Wildman–Crippen MR) is 68.3 cm³/mol. The summed E-state index contributed by atoms with van der Waals surface area (Å²) in [7, 11) is 0. The highest BCUT2D eigenvalue weighted by molar-refractivity contribution is 5.39. The van der Waals surface area contributed by atoms with Crippen LogP contribution in [0.4, 0.5) is 5.95 Å². The molecule has 1 aliphatic carbocycles. The zero-order valence-electron chi connectivity index (χ0n) is 10.0. The van der Waals surface area contributed by atoms with Crippen LogP contribution >= 0.6 is 0 Å². The van der Waals surface area contributed by atoms with Crippen molar-refractivity contribution < 1.29 is 0 Å². The van der Waals surface area contributed by atoms with Crippen LogP contribution in [0.25, 0.3) is 5.69 Å². The largest absolute Gasteiger partial charge is 0.348 e. The molecular weight excluding hydrogens is 228 g/mol. The Morgan fingerprint density at radius 3 is 2.78 bits per heavy atom. The summed E-state index contributed by atoms with van der Waals surface area (Å²) >= 11 is 0. The van der Waals surface area contributed by atoms with Crippen LogP contribution < -0.4 is 11.1 Å². The van der Waals surface area contributed by atoms with Gasteiger partial charge in [-0.05, 0) is 41.3 Å². The van der Waals surface area contributed by atoms with Gasteiger partial charge in [-0.3, -0.25) is 0 Å². The molecule has 6 heteroatoms. The summed E-state index contributed by atoms with van der Waals surface area (Å²) < 4.78 is 1.70. The lowest BCUT2D eigenvalue weighted by molar-refractivity contribution is 0.635. The average Bonchev–Trinajstić information content (AvgIpc) is 3.16. The molecule has 1 saturated carbocycles. The molecule has 0 radical (unpaired) electrons. The summed E-state index contributed by atoms with van der Waals surface area (Å²) in [6.45, 7) is 0.603. The molecule has 1 aromatic carbocycles. The number of hydrogen-bond donors (Lipinski definition) is 2. The Bertz CT molecular complexity index is 504. The molecule has 3 rings (SSSR count). The fraction of sp³-hybridized carbons (Fsp3) is 0.417. The fourth-order valence-corrected chi connectivity index (χ4v) is 2.05. The Morgan fingerprint density at radius 1 is 1.33 bits per heavy atom. The van der Waals surface area contributed by atoms with Crippen LogP contribution in [-0.2, 0) is 0 Å². The molecule has 1 heterocycles. The summed E-state index contributed by atoms with van der Waals surface area (Å²) in [5.41, 5.74) is 6.72. The van der Waals surface area contributed by atoms with Gasteiger partial charge in [0, 0.05) is 12.6 Å². The highest BCUT2D eigenvalue weighted by atomic mass is 15.6. The number of anilines is 1. The lowest BCUT2D eigenvalue weighted by atomic mass is 10.2. The van der Waals surface area contributed by atoms with Gasteiger partial charge in [0.1, 0.15) is 0 Å². The van der Waals surface area contributed by atoms with E-state index < -0.39 is 0 Å². The molecular formula is C12H16N6. The van der Waals surface area contributed by atoms with Gasteiger partial charge in [0.05, 0.1) is 5.69 Å². The van der Waals surface area contributed by atoms with E-state index in [1.54, 1.807) is 4.68 Å². The summed E-state index contributed by atoms with van der Waals surface area (Å²) in [5.74, 6) is 1.32. The Balaban J connectivity index is 1.83. The number of nitrogens with zero attached hydrogens (tertiary/aromatic N) is 4. The predicted octanol–water partition coefficient (Wildman–Crippen LogP) is 0.811. The summed E-state index contributed by atoms with van der Waals surface area (Å²) in [6, 6.07) is 10.1. The van der Waals surface area contributed by atoms with E-state index in [9.17, 15) is 0 Å². The van der Waals surface area contributed by atoms with E-state index in [-0.39, 0.29) is 6.04 Å². The normalized spacial score (nSPS) is 16.5. The standard InChI is InChI=1S/C12H16N6/c13-8-11(9-6-7-9)14-12-15-16-17-18(12)10-4-2-1-3-5-10/h1-5,9,11H,6-8,13H2,(H,14,15,17). The van der Waals surface area contributed by atoms with Gasteiger partial charge >= 0.3 is 0 Å². The SMILES string of the molecule is NCC(Nc1nnnn1-c1ccccc1)C1CC1. The lowest BCUT2D eigenvalue weighted by Crippen LogP contribution is -2.32. The summed E-state index contributed by atoms with van der Waals surface area (Å²) in [4.78, 5) is 0. The van der Waals surface area contributed by atoms with Gasteiger partial charge in [0.25, 0.3) is 0 Å². The van der Waals surface area contributed by atoms with Crippen molar-refractivity contribution in [3.8, 4) is 5.69 Å². The van der Waals surface area contributed by atoms with E-state index >= 15 is 0 Å². The van der Waals surface area contributed by atoms with Gasteiger partial charge in [0.2, 0.25) is 5.95 Å². The molecule has 6 nitrogen and oxygen atoms in total. The van der Waals surface area contributed by atoms with Crippen molar-refractivity contribution in [2.75, 3.05) is 11.9 Å². The number of para-hydroxylation sites is 1. The molecule has 2 aromatic rings. The van der Waals surface area contributed by atoms with Crippen molar-refractivity contribution in [1.82, 2.24) is 20.2 Å². The van der Waals surface area contributed by atoms with Crippen LogP contribution in [0.3, 0.4) is 0 Å². The minimum atomic E-state index is 0.262. The van der Waals surface area contributed by atoms with E-state index in [1.165, 1.54) is 12.8 Å². The molecule has 0 spiro atoms. The maximum Gasteiger partial charge on any atom is 0.248 e. The quantitative estimate of drug-likeness (QED) is 0.813. The van der Waals surface area contributed by atoms with Crippen LogP contribution in [0.2, 0.25) is 0 Å². The lowest BCUT2D eigenvalue weighted by Gasteiger charge is -2.16. The minimum Gasteiger partial charge on any atom is -0.348 e. The molecule has 0 aliphatic heterocycles. The summed E-state index contributed by atoms with van der Waals surface area (Å²) in [5, 5.41) is 15.1. The molecule has 3 N–H and O–H groups in total. The first kappa shape index (κ1) is 11.2. The second-order valence-electron chi connectivity index (χ2n) is 4.57. The van der Waals surface area contributed by atoms with E-state index in [4.69, 9.17) is 5.73 Å². The van der Waals surface area contributed by atoms with Crippen molar-refractivity contribution in [2.24, 2.45) is 11.7 Å². The van der Waals surface area contributed by atoms with Gasteiger partial charge in [0.15, 0.2) is 0 Å². The molecule has 1 aromatic heterocycles. The number of aromatic nitrogens is 4. The average molecular weight is 244 g/mol. The zero-order valence-corrected chi connectivity index (χ0v) is 10.0. The first-order valence-corrected chi connectivity index (χ1v) is 6.19. The Kier molecular flexibility index (Phi) is 2.93. The second-order valence-corrected chi connectivity index (χ2v) is 4.57. The van der Waals surface area contributed by atoms with Crippen LogP contribution in [-0.4, -0.2) is 32.8 Å². The smallest absolute Gasteiger partial charge is 0.248 e. The van der Waals surface area contributed by atoms with Crippen molar-refractivity contribution >= 4 is 5.95 Å². The fourth-order valence-electron chi connectivity index (χ4n) is 2.05. The molecule has 1 unspecified atom stereocenters. The topological polar surface area (TPSA) is 81.7 Å². The Labute approximate surface area is 105 Å².